The molecule has 1 fully saturated rings. The fourth-order valence-corrected chi connectivity index (χ4v) is 3.39. The van der Waals surface area contributed by atoms with Crippen LogP contribution in [0.3, 0.4) is 0 Å². The molecule has 0 spiro atoms. The maximum absolute atomic E-state index is 12.0. The first-order valence-electron chi connectivity index (χ1n) is 8.57. The van der Waals surface area contributed by atoms with Crippen LogP contribution in [0.1, 0.15) is 37.7 Å². The summed E-state index contributed by atoms with van der Waals surface area (Å²) in [5.74, 6) is 0.0683. The van der Waals surface area contributed by atoms with Crippen molar-refractivity contribution in [3.8, 4) is 0 Å². The van der Waals surface area contributed by atoms with Crippen molar-refractivity contribution >= 4 is 11.6 Å². The molecule has 0 unspecified atom stereocenters. The molecule has 0 bridgehead atoms. The number of carbonyl (C=O) groups excluding carboxylic acids is 1. The van der Waals surface area contributed by atoms with Gasteiger partial charge in [-0.15, -0.1) is 0 Å². The van der Waals surface area contributed by atoms with Gasteiger partial charge in [0.05, 0.1) is 0 Å². The van der Waals surface area contributed by atoms with Crippen LogP contribution in [0.2, 0.25) is 0 Å². The minimum absolute atomic E-state index is 0.0683. The SMILES string of the molecule is O=C(NCCCN1CCCc2ccccc21)[C@H]1CCCCO1. The van der Waals surface area contributed by atoms with Crippen molar-refractivity contribution in [1.82, 2.24) is 5.32 Å². The fraction of sp³-hybridized carbons (Fsp3) is 0.611. The molecule has 1 aromatic carbocycles. The van der Waals surface area contributed by atoms with E-state index in [1.165, 1.54) is 24.1 Å². The van der Waals surface area contributed by atoms with E-state index in [1.54, 1.807) is 0 Å². The molecule has 22 heavy (non-hydrogen) atoms. The molecular weight excluding hydrogens is 276 g/mol. The first-order chi connectivity index (χ1) is 10.8. The lowest BCUT2D eigenvalue weighted by Crippen LogP contribution is -2.40. The predicted molar refractivity (Wildman–Crippen MR) is 88.2 cm³/mol. The number of aryl methyl sites for hydroxylation is 1. The number of ether oxygens (including phenoxy) is 1. The van der Waals surface area contributed by atoms with Crippen molar-refractivity contribution in [3.63, 3.8) is 0 Å². The van der Waals surface area contributed by atoms with Crippen molar-refractivity contribution in [2.75, 3.05) is 31.1 Å². The minimum Gasteiger partial charge on any atom is -0.371 e. The number of amides is 1. The second-order valence-electron chi connectivity index (χ2n) is 6.22. The van der Waals surface area contributed by atoms with E-state index in [1.807, 2.05) is 0 Å². The van der Waals surface area contributed by atoms with Gasteiger partial charge in [0, 0.05) is 31.9 Å². The lowest BCUT2D eigenvalue weighted by molar-refractivity contribution is -0.135. The van der Waals surface area contributed by atoms with Crippen LogP contribution in [0.4, 0.5) is 5.69 Å². The van der Waals surface area contributed by atoms with Gasteiger partial charge in [-0.05, 0) is 50.2 Å². The van der Waals surface area contributed by atoms with Crippen molar-refractivity contribution < 1.29 is 9.53 Å². The molecule has 0 radical (unpaired) electrons. The zero-order valence-electron chi connectivity index (χ0n) is 13.2. The Bertz CT molecular complexity index is 498. The van der Waals surface area contributed by atoms with E-state index < -0.39 is 0 Å². The van der Waals surface area contributed by atoms with Gasteiger partial charge in [-0.2, -0.15) is 0 Å². The van der Waals surface area contributed by atoms with Crippen LogP contribution in [-0.4, -0.2) is 38.3 Å². The third kappa shape index (κ3) is 3.80. The lowest BCUT2D eigenvalue weighted by atomic mass is 10.0. The van der Waals surface area contributed by atoms with Gasteiger partial charge in [0.1, 0.15) is 6.10 Å². The Morgan fingerprint density at radius 3 is 3.05 bits per heavy atom. The predicted octanol–water partition coefficient (Wildman–Crippen LogP) is 2.51. The number of benzene rings is 1. The standard InChI is InChI=1S/C18H26N2O2/c21-18(17-10-3-4-14-22-17)19-11-6-13-20-12-5-8-15-7-1-2-9-16(15)20/h1-2,7,9,17H,3-6,8,10-14H2,(H,19,21)/t17-/m1/s1. The Morgan fingerprint density at radius 1 is 1.27 bits per heavy atom. The van der Waals surface area contributed by atoms with Gasteiger partial charge in [0.15, 0.2) is 0 Å². The maximum Gasteiger partial charge on any atom is 0.249 e. The number of nitrogens with zero attached hydrogens (tertiary/aromatic N) is 1. The number of nitrogens with one attached hydrogen (secondary N) is 1. The van der Waals surface area contributed by atoms with E-state index in [9.17, 15) is 4.79 Å². The number of fused-ring (bicyclic) bond motifs is 1. The zero-order valence-corrected chi connectivity index (χ0v) is 13.2. The van der Waals surface area contributed by atoms with E-state index in [-0.39, 0.29) is 12.0 Å². The fourth-order valence-electron chi connectivity index (χ4n) is 3.39. The molecule has 2 aliphatic rings. The molecule has 1 amide bonds. The van der Waals surface area contributed by atoms with E-state index in [0.717, 1.165) is 51.9 Å². The smallest absolute Gasteiger partial charge is 0.249 e. The number of anilines is 1. The molecule has 4 heteroatoms. The molecule has 1 aromatic rings. The van der Waals surface area contributed by atoms with Crippen molar-refractivity contribution in [2.45, 2.75) is 44.6 Å². The summed E-state index contributed by atoms with van der Waals surface area (Å²) in [5, 5.41) is 3.03. The van der Waals surface area contributed by atoms with Gasteiger partial charge < -0.3 is 15.0 Å². The van der Waals surface area contributed by atoms with E-state index in [2.05, 4.69) is 34.5 Å². The normalized spacial score (nSPS) is 21.3. The first-order valence-corrected chi connectivity index (χ1v) is 8.57. The highest BCUT2D eigenvalue weighted by Crippen LogP contribution is 2.26. The molecule has 3 rings (SSSR count). The topological polar surface area (TPSA) is 41.6 Å². The zero-order chi connectivity index (χ0) is 15.2. The summed E-state index contributed by atoms with van der Waals surface area (Å²) in [6.07, 6.45) is 6.21. The summed E-state index contributed by atoms with van der Waals surface area (Å²) < 4.78 is 5.51. The number of carbonyl (C=O) groups is 1. The Morgan fingerprint density at radius 2 is 2.18 bits per heavy atom. The molecule has 2 heterocycles. The quantitative estimate of drug-likeness (QED) is 0.850. The molecular formula is C18H26N2O2. The van der Waals surface area contributed by atoms with Crippen LogP contribution in [-0.2, 0) is 16.0 Å². The number of hydrogen-bond acceptors (Lipinski definition) is 3. The molecule has 2 aliphatic heterocycles. The molecule has 1 atom stereocenters. The highest BCUT2D eigenvalue weighted by molar-refractivity contribution is 5.80. The highest BCUT2D eigenvalue weighted by Gasteiger charge is 2.21. The minimum atomic E-state index is -0.218. The Labute approximate surface area is 132 Å². The second kappa shape index (κ2) is 7.63. The van der Waals surface area contributed by atoms with Crippen molar-refractivity contribution in [3.05, 3.63) is 29.8 Å². The number of rotatable bonds is 5. The summed E-state index contributed by atoms with van der Waals surface area (Å²) in [7, 11) is 0. The van der Waals surface area contributed by atoms with Gasteiger partial charge in [0.2, 0.25) is 5.91 Å². The van der Waals surface area contributed by atoms with Gasteiger partial charge in [0.25, 0.3) is 0 Å². The summed E-state index contributed by atoms with van der Waals surface area (Å²) >= 11 is 0. The van der Waals surface area contributed by atoms with Crippen molar-refractivity contribution in [2.24, 2.45) is 0 Å². The van der Waals surface area contributed by atoms with Crippen LogP contribution in [0.15, 0.2) is 24.3 Å². The molecule has 1 saturated heterocycles. The maximum atomic E-state index is 12.0. The third-order valence-electron chi connectivity index (χ3n) is 4.58. The molecule has 0 aliphatic carbocycles. The van der Waals surface area contributed by atoms with Crippen molar-refractivity contribution in [1.29, 1.82) is 0 Å². The number of para-hydroxylation sites is 1. The summed E-state index contributed by atoms with van der Waals surface area (Å²) in [5.41, 5.74) is 2.82. The lowest BCUT2D eigenvalue weighted by Gasteiger charge is -2.31. The van der Waals surface area contributed by atoms with Gasteiger partial charge >= 0.3 is 0 Å². The van der Waals surface area contributed by atoms with E-state index in [4.69, 9.17) is 4.74 Å². The summed E-state index contributed by atoms with van der Waals surface area (Å²) in [6, 6.07) is 8.67. The average Bonchev–Trinajstić information content (AvgIpc) is 2.59. The van der Waals surface area contributed by atoms with Crippen LogP contribution >= 0.6 is 0 Å². The first kappa shape index (κ1) is 15.3. The third-order valence-corrected chi connectivity index (χ3v) is 4.58. The van der Waals surface area contributed by atoms with Gasteiger partial charge in [-0.25, -0.2) is 0 Å². The monoisotopic (exact) mass is 302 g/mol. The molecule has 0 saturated carbocycles. The Kier molecular flexibility index (Phi) is 5.33. The van der Waals surface area contributed by atoms with Gasteiger partial charge in [-0.3, -0.25) is 4.79 Å². The molecule has 4 nitrogen and oxygen atoms in total. The van der Waals surface area contributed by atoms with Crippen LogP contribution < -0.4 is 10.2 Å². The molecule has 1 N–H and O–H groups in total. The van der Waals surface area contributed by atoms with E-state index >= 15 is 0 Å². The molecule has 0 aromatic heterocycles. The van der Waals surface area contributed by atoms with Gasteiger partial charge in [-0.1, -0.05) is 18.2 Å². The second-order valence-corrected chi connectivity index (χ2v) is 6.22. The molecule has 120 valence electrons. The highest BCUT2D eigenvalue weighted by atomic mass is 16.5. The van der Waals surface area contributed by atoms with Crippen LogP contribution in [0, 0.1) is 0 Å². The van der Waals surface area contributed by atoms with Crippen LogP contribution in [0.5, 0.6) is 0 Å². The van der Waals surface area contributed by atoms with E-state index in [0.29, 0.717) is 0 Å². The Balaban J connectivity index is 1.41. The summed E-state index contributed by atoms with van der Waals surface area (Å²) in [4.78, 5) is 14.4. The summed E-state index contributed by atoms with van der Waals surface area (Å²) in [6.45, 7) is 3.58. The average molecular weight is 302 g/mol. The van der Waals surface area contributed by atoms with Crippen LogP contribution in [0.25, 0.3) is 0 Å². The largest absolute Gasteiger partial charge is 0.371 e. The Hall–Kier alpha value is -1.55. The number of hydrogen-bond donors (Lipinski definition) is 1.